The van der Waals surface area contributed by atoms with Crippen molar-refractivity contribution in [3.8, 4) is 6.07 Å². The fourth-order valence-corrected chi connectivity index (χ4v) is 2.89. The summed E-state index contributed by atoms with van der Waals surface area (Å²) in [7, 11) is 0. The molecule has 2 rings (SSSR count). The normalized spacial score (nSPS) is 10.2. The predicted molar refractivity (Wildman–Crippen MR) is 97.5 cm³/mol. The second-order valence-corrected chi connectivity index (χ2v) is 6.50. The van der Waals surface area contributed by atoms with Crippen molar-refractivity contribution in [2.24, 2.45) is 0 Å². The number of esters is 1. The molecular formula is C19H18N2O3S. The number of carbonyl (C=O) groups is 2. The largest absolute Gasteiger partial charge is 0.459 e. The van der Waals surface area contributed by atoms with E-state index in [4.69, 9.17) is 10.00 Å². The number of thioether (sulfide) groups is 1. The molecule has 0 atom stereocenters. The predicted octanol–water partition coefficient (Wildman–Crippen LogP) is 3.85. The molecule has 1 amide bonds. The number of hydrogen-bond donors (Lipinski definition) is 1. The molecule has 0 saturated heterocycles. The lowest BCUT2D eigenvalue weighted by molar-refractivity contribution is -0.113. The van der Waals surface area contributed by atoms with Crippen molar-refractivity contribution in [3.05, 3.63) is 59.7 Å². The summed E-state index contributed by atoms with van der Waals surface area (Å²) in [5, 5.41) is 11.6. The zero-order valence-electron chi connectivity index (χ0n) is 14.0. The highest BCUT2D eigenvalue weighted by molar-refractivity contribution is 8.00. The Balaban J connectivity index is 2.00. The van der Waals surface area contributed by atoms with Gasteiger partial charge in [0.15, 0.2) is 0 Å². The molecule has 0 bridgehead atoms. The summed E-state index contributed by atoms with van der Waals surface area (Å²) in [6, 6.07) is 15.8. The third-order valence-corrected chi connectivity index (χ3v) is 4.16. The van der Waals surface area contributed by atoms with Crippen molar-refractivity contribution >= 4 is 29.3 Å². The molecule has 0 aliphatic heterocycles. The molecule has 0 aliphatic carbocycles. The molecule has 0 heterocycles. The zero-order valence-corrected chi connectivity index (χ0v) is 14.8. The van der Waals surface area contributed by atoms with E-state index in [0.29, 0.717) is 21.7 Å². The van der Waals surface area contributed by atoms with Gasteiger partial charge in [0.1, 0.15) is 0 Å². The number of anilines is 1. The van der Waals surface area contributed by atoms with E-state index in [1.54, 1.807) is 56.3 Å². The lowest BCUT2D eigenvalue weighted by atomic mass is 10.2. The first-order chi connectivity index (χ1) is 12.0. The summed E-state index contributed by atoms with van der Waals surface area (Å²) >= 11 is 1.26. The Morgan fingerprint density at radius 2 is 1.96 bits per heavy atom. The van der Waals surface area contributed by atoms with Crippen LogP contribution in [0.4, 0.5) is 5.69 Å². The highest BCUT2D eigenvalue weighted by Crippen LogP contribution is 2.24. The van der Waals surface area contributed by atoms with Gasteiger partial charge in [-0.05, 0) is 44.2 Å². The van der Waals surface area contributed by atoms with Crippen LogP contribution in [0.2, 0.25) is 0 Å². The van der Waals surface area contributed by atoms with Crippen LogP contribution in [-0.4, -0.2) is 23.7 Å². The molecule has 1 N–H and O–H groups in total. The minimum Gasteiger partial charge on any atom is -0.459 e. The van der Waals surface area contributed by atoms with Crippen LogP contribution in [0.3, 0.4) is 0 Å². The van der Waals surface area contributed by atoms with Gasteiger partial charge in [0.25, 0.3) is 0 Å². The van der Waals surface area contributed by atoms with E-state index < -0.39 is 5.97 Å². The minimum absolute atomic E-state index is 0.142. The molecule has 0 radical (unpaired) electrons. The Kier molecular flexibility index (Phi) is 6.61. The van der Waals surface area contributed by atoms with Crippen molar-refractivity contribution < 1.29 is 14.3 Å². The summed E-state index contributed by atoms with van der Waals surface area (Å²) in [5.74, 6) is -0.477. The number of rotatable bonds is 6. The van der Waals surface area contributed by atoms with Crippen LogP contribution >= 0.6 is 11.8 Å². The van der Waals surface area contributed by atoms with Crippen LogP contribution in [0.1, 0.15) is 29.8 Å². The Bertz CT molecular complexity index is 812. The minimum atomic E-state index is -0.403. The zero-order chi connectivity index (χ0) is 18.2. The first-order valence-electron chi connectivity index (χ1n) is 7.72. The first-order valence-corrected chi connectivity index (χ1v) is 8.71. The van der Waals surface area contributed by atoms with Gasteiger partial charge in [0.2, 0.25) is 5.91 Å². The summed E-state index contributed by atoms with van der Waals surface area (Å²) in [5.41, 5.74) is 1.49. The van der Waals surface area contributed by atoms with Gasteiger partial charge in [0, 0.05) is 10.6 Å². The number of amides is 1. The van der Waals surface area contributed by atoms with E-state index in [9.17, 15) is 9.59 Å². The second kappa shape index (κ2) is 8.90. The number of benzene rings is 2. The SMILES string of the molecule is CC(C)OC(=O)c1ccccc1SCC(=O)Nc1cccc(C#N)c1. The fraction of sp³-hybridized carbons (Fsp3) is 0.211. The molecule has 128 valence electrons. The topological polar surface area (TPSA) is 79.2 Å². The Morgan fingerprint density at radius 1 is 1.20 bits per heavy atom. The molecule has 0 aromatic heterocycles. The van der Waals surface area contributed by atoms with Crippen LogP contribution in [0.15, 0.2) is 53.4 Å². The third kappa shape index (κ3) is 5.66. The van der Waals surface area contributed by atoms with Gasteiger partial charge in [-0.15, -0.1) is 11.8 Å². The van der Waals surface area contributed by atoms with E-state index in [1.807, 2.05) is 12.1 Å². The van der Waals surface area contributed by atoms with Crippen LogP contribution in [0.5, 0.6) is 0 Å². The number of nitrogens with one attached hydrogen (secondary N) is 1. The average Bonchev–Trinajstić information content (AvgIpc) is 2.59. The van der Waals surface area contributed by atoms with Crippen LogP contribution in [0, 0.1) is 11.3 Å². The maximum absolute atomic E-state index is 12.1. The van der Waals surface area contributed by atoms with E-state index in [2.05, 4.69) is 5.32 Å². The standard InChI is InChI=1S/C19H18N2O3S/c1-13(2)24-19(23)16-8-3-4-9-17(16)25-12-18(22)21-15-7-5-6-14(10-15)11-20/h3-10,13H,12H2,1-2H3,(H,21,22). The molecular weight excluding hydrogens is 336 g/mol. The fourth-order valence-electron chi connectivity index (χ4n) is 2.05. The van der Waals surface area contributed by atoms with Crippen LogP contribution in [0.25, 0.3) is 0 Å². The van der Waals surface area contributed by atoms with Gasteiger partial charge in [-0.3, -0.25) is 4.79 Å². The van der Waals surface area contributed by atoms with Crippen molar-refractivity contribution in [1.29, 1.82) is 5.26 Å². The molecule has 2 aromatic carbocycles. The highest BCUT2D eigenvalue weighted by Gasteiger charge is 2.15. The maximum Gasteiger partial charge on any atom is 0.339 e. The molecule has 25 heavy (non-hydrogen) atoms. The summed E-state index contributed by atoms with van der Waals surface area (Å²) in [6.45, 7) is 3.58. The lowest BCUT2D eigenvalue weighted by Gasteiger charge is -2.11. The van der Waals surface area contributed by atoms with E-state index in [0.717, 1.165) is 0 Å². The van der Waals surface area contributed by atoms with Gasteiger partial charge < -0.3 is 10.1 Å². The number of hydrogen-bond acceptors (Lipinski definition) is 5. The van der Waals surface area contributed by atoms with Crippen molar-refractivity contribution in [2.45, 2.75) is 24.8 Å². The van der Waals surface area contributed by atoms with Crippen LogP contribution < -0.4 is 5.32 Å². The van der Waals surface area contributed by atoms with Gasteiger partial charge in [-0.1, -0.05) is 18.2 Å². The highest BCUT2D eigenvalue weighted by atomic mass is 32.2. The van der Waals surface area contributed by atoms with Crippen molar-refractivity contribution in [3.63, 3.8) is 0 Å². The van der Waals surface area contributed by atoms with E-state index >= 15 is 0 Å². The van der Waals surface area contributed by atoms with Gasteiger partial charge >= 0.3 is 5.97 Å². The van der Waals surface area contributed by atoms with E-state index in [-0.39, 0.29) is 17.8 Å². The molecule has 2 aromatic rings. The van der Waals surface area contributed by atoms with Gasteiger partial charge in [-0.25, -0.2) is 4.79 Å². The second-order valence-electron chi connectivity index (χ2n) is 5.48. The quantitative estimate of drug-likeness (QED) is 0.629. The third-order valence-electron chi connectivity index (χ3n) is 3.08. The smallest absolute Gasteiger partial charge is 0.339 e. The number of ether oxygens (including phenoxy) is 1. The maximum atomic E-state index is 12.1. The van der Waals surface area contributed by atoms with Crippen molar-refractivity contribution in [2.75, 3.05) is 11.1 Å². The molecule has 5 nitrogen and oxygen atoms in total. The van der Waals surface area contributed by atoms with Gasteiger partial charge in [0.05, 0.1) is 29.1 Å². The molecule has 0 fully saturated rings. The Labute approximate surface area is 151 Å². The Hall–Kier alpha value is -2.78. The number of nitriles is 1. The molecule has 6 heteroatoms. The van der Waals surface area contributed by atoms with Crippen LogP contribution in [-0.2, 0) is 9.53 Å². The summed E-state index contributed by atoms with van der Waals surface area (Å²) in [6.07, 6.45) is -0.207. The number of carbonyl (C=O) groups excluding carboxylic acids is 2. The molecule has 0 saturated carbocycles. The van der Waals surface area contributed by atoms with Crippen molar-refractivity contribution in [1.82, 2.24) is 0 Å². The molecule has 0 aliphatic rings. The van der Waals surface area contributed by atoms with Gasteiger partial charge in [-0.2, -0.15) is 5.26 Å². The first kappa shape index (κ1) is 18.6. The monoisotopic (exact) mass is 354 g/mol. The summed E-state index contributed by atoms with van der Waals surface area (Å²) < 4.78 is 5.22. The molecule has 0 unspecified atom stereocenters. The lowest BCUT2D eigenvalue weighted by Crippen LogP contribution is -2.15. The van der Waals surface area contributed by atoms with E-state index in [1.165, 1.54) is 11.8 Å². The molecule has 0 spiro atoms. The average molecular weight is 354 g/mol. The summed E-state index contributed by atoms with van der Waals surface area (Å²) in [4.78, 5) is 24.9. The number of nitrogens with zero attached hydrogens (tertiary/aromatic N) is 1. The Morgan fingerprint density at radius 3 is 2.68 bits per heavy atom.